The molecule has 0 radical (unpaired) electrons. The SMILES string of the molecule is Cc1cn([C@@H]2OC(CO[Si](C)(C)C(C)(C)C)C3(O[C@H]3C(N)=O)[C@H]2O[Si](C)(C)C(C)(C)C)c(=O)[nH]c1=O. The molecule has 0 bridgehead atoms. The first-order chi connectivity index (χ1) is 16.2. The lowest BCUT2D eigenvalue weighted by molar-refractivity contribution is -0.119. The van der Waals surface area contributed by atoms with Crippen molar-refractivity contribution in [3.8, 4) is 0 Å². The Morgan fingerprint density at radius 1 is 1.11 bits per heavy atom. The molecular weight excluding hydrogens is 498 g/mol. The quantitative estimate of drug-likeness (QED) is 0.400. The highest BCUT2D eigenvalue weighted by Crippen LogP contribution is 2.56. The lowest BCUT2D eigenvalue weighted by Crippen LogP contribution is -2.53. The Labute approximate surface area is 215 Å². The lowest BCUT2D eigenvalue weighted by atomic mass is 9.93. The van der Waals surface area contributed by atoms with E-state index in [-0.39, 0.29) is 16.7 Å². The molecule has 204 valence electrons. The van der Waals surface area contributed by atoms with Crippen molar-refractivity contribution in [1.82, 2.24) is 9.55 Å². The van der Waals surface area contributed by atoms with Crippen molar-refractivity contribution in [2.45, 2.75) is 115 Å². The fourth-order valence-electron chi connectivity index (χ4n) is 3.96. The summed E-state index contributed by atoms with van der Waals surface area (Å²) in [6.45, 7) is 22.9. The smallest absolute Gasteiger partial charge is 0.330 e. The average Bonchev–Trinajstić information content (AvgIpc) is 3.38. The van der Waals surface area contributed by atoms with E-state index in [2.05, 4.69) is 72.7 Å². The van der Waals surface area contributed by atoms with Gasteiger partial charge in [0.2, 0.25) is 5.91 Å². The number of H-pyrrole nitrogens is 1. The van der Waals surface area contributed by atoms with Crippen LogP contribution < -0.4 is 17.0 Å². The van der Waals surface area contributed by atoms with Gasteiger partial charge in [-0.1, -0.05) is 41.5 Å². The van der Waals surface area contributed by atoms with Crippen LogP contribution in [0.15, 0.2) is 15.8 Å². The topological polar surface area (TPSA) is 138 Å². The highest BCUT2D eigenvalue weighted by molar-refractivity contribution is 6.74. The third kappa shape index (κ3) is 4.95. The molecule has 3 heterocycles. The Morgan fingerprint density at radius 3 is 2.14 bits per heavy atom. The largest absolute Gasteiger partial charge is 0.414 e. The highest BCUT2D eigenvalue weighted by atomic mass is 28.4. The maximum atomic E-state index is 12.9. The van der Waals surface area contributed by atoms with Gasteiger partial charge in [-0.15, -0.1) is 0 Å². The zero-order valence-corrected chi connectivity index (χ0v) is 25.5. The number of hydrogen-bond acceptors (Lipinski definition) is 7. The maximum absolute atomic E-state index is 12.9. The Bertz CT molecular complexity index is 1130. The van der Waals surface area contributed by atoms with Gasteiger partial charge in [-0.25, -0.2) is 4.79 Å². The highest BCUT2D eigenvalue weighted by Gasteiger charge is 2.76. The predicted octanol–water partition coefficient (Wildman–Crippen LogP) is 2.78. The number of nitrogens with zero attached hydrogens (tertiary/aromatic N) is 1. The first-order valence-corrected chi connectivity index (χ1v) is 18.2. The van der Waals surface area contributed by atoms with Crippen LogP contribution in [-0.2, 0) is 23.1 Å². The van der Waals surface area contributed by atoms with Crippen LogP contribution >= 0.6 is 0 Å². The van der Waals surface area contributed by atoms with Crippen molar-refractivity contribution in [3.63, 3.8) is 0 Å². The third-order valence-corrected chi connectivity index (χ3v) is 17.4. The first-order valence-electron chi connectivity index (χ1n) is 12.4. The second-order valence-corrected chi connectivity index (χ2v) is 22.7. The van der Waals surface area contributed by atoms with E-state index in [0.717, 1.165) is 0 Å². The number of aromatic amines is 1. The van der Waals surface area contributed by atoms with Crippen molar-refractivity contribution in [1.29, 1.82) is 0 Å². The van der Waals surface area contributed by atoms with Crippen molar-refractivity contribution >= 4 is 22.5 Å². The van der Waals surface area contributed by atoms with E-state index in [1.807, 2.05) is 0 Å². The van der Waals surface area contributed by atoms with Crippen LogP contribution in [0.1, 0.15) is 53.3 Å². The number of amides is 1. The van der Waals surface area contributed by atoms with Gasteiger partial charge in [-0.2, -0.15) is 0 Å². The lowest BCUT2D eigenvalue weighted by Gasteiger charge is -2.40. The second-order valence-electron chi connectivity index (χ2n) is 13.1. The van der Waals surface area contributed by atoms with Crippen LogP contribution in [0.25, 0.3) is 0 Å². The van der Waals surface area contributed by atoms with E-state index >= 15 is 0 Å². The number of carbonyl (C=O) groups excluding carboxylic acids is 1. The minimum Gasteiger partial charge on any atom is -0.414 e. The van der Waals surface area contributed by atoms with Crippen molar-refractivity contribution in [2.75, 3.05) is 6.61 Å². The van der Waals surface area contributed by atoms with E-state index in [1.54, 1.807) is 6.92 Å². The number of primary amides is 1. The van der Waals surface area contributed by atoms with Crippen molar-refractivity contribution in [2.24, 2.45) is 5.73 Å². The minimum atomic E-state index is -2.45. The number of hydrogen-bond donors (Lipinski definition) is 2. The number of rotatable bonds is 7. The number of aryl methyl sites for hydroxylation is 1. The van der Waals surface area contributed by atoms with E-state index in [9.17, 15) is 14.4 Å². The summed E-state index contributed by atoms with van der Waals surface area (Å²) >= 11 is 0. The van der Waals surface area contributed by atoms with Gasteiger partial charge in [0.15, 0.2) is 34.6 Å². The molecule has 2 aliphatic heterocycles. The van der Waals surface area contributed by atoms with E-state index in [1.165, 1.54) is 10.8 Å². The van der Waals surface area contributed by atoms with Gasteiger partial charge >= 0.3 is 5.69 Å². The molecule has 10 nitrogen and oxygen atoms in total. The molecule has 3 rings (SSSR count). The number of aromatic nitrogens is 2. The fraction of sp³-hybridized carbons (Fsp3) is 0.792. The monoisotopic (exact) mass is 541 g/mol. The minimum absolute atomic E-state index is 0.0460. The van der Waals surface area contributed by atoms with Crippen LogP contribution in [-0.4, -0.2) is 62.6 Å². The van der Waals surface area contributed by atoms with Crippen LogP contribution in [0.3, 0.4) is 0 Å². The summed E-state index contributed by atoms with van der Waals surface area (Å²) in [6, 6.07) is 0. The summed E-state index contributed by atoms with van der Waals surface area (Å²) in [5.74, 6) is -0.620. The Kier molecular flexibility index (Phi) is 7.26. The van der Waals surface area contributed by atoms with E-state index in [0.29, 0.717) is 5.56 Å². The summed E-state index contributed by atoms with van der Waals surface area (Å²) in [6.07, 6.45) is -1.94. The second kappa shape index (κ2) is 9.02. The summed E-state index contributed by atoms with van der Waals surface area (Å²) in [4.78, 5) is 39.7. The van der Waals surface area contributed by atoms with Crippen LogP contribution in [0.2, 0.25) is 36.3 Å². The summed E-state index contributed by atoms with van der Waals surface area (Å²) in [5, 5.41) is -0.215. The molecule has 1 spiro atoms. The molecule has 2 unspecified atom stereocenters. The Morgan fingerprint density at radius 2 is 1.67 bits per heavy atom. The van der Waals surface area contributed by atoms with Gasteiger partial charge in [-0.05, 0) is 43.2 Å². The van der Waals surface area contributed by atoms with Gasteiger partial charge in [0.1, 0.15) is 12.2 Å². The van der Waals surface area contributed by atoms with Crippen LogP contribution in [0.4, 0.5) is 0 Å². The molecule has 2 fully saturated rings. The fourth-order valence-corrected chi connectivity index (χ4v) is 6.25. The Hall–Kier alpha value is -1.58. The van der Waals surface area contributed by atoms with Gasteiger partial charge in [0.05, 0.1) is 6.61 Å². The number of nitrogens with two attached hydrogens (primary N) is 1. The molecule has 3 N–H and O–H groups in total. The third-order valence-electron chi connectivity index (χ3n) is 8.49. The van der Waals surface area contributed by atoms with Crippen LogP contribution in [0, 0.1) is 6.92 Å². The first kappa shape index (κ1) is 29.0. The van der Waals surface area contributed by atoms with E-state index < -0.39 is 63.9 Å². The number of epoxide rings is 1. The van der Waals surface area contributed by atoms with Gasteiger partial charge in [-0.3, -0.25) is 19.1 Å². The van der Waals surface area contributed by atoms with Crippen LogP contribution in [0.5, 0.6) is 0 Å². The molecule has 2 aliphatic rings. The molecule has 0 aliphatic carbocycles. The molecule has 1 aromatic heterocycles. The van der Waals surface area contributed by atoms with Crippen molar-refractivity contribution in [3.05, 3.63) is 32.6 Å². The molecule has 2 saturated heterocycles. The van der Waals surface area contributed by atoms with Gasteiger partial charge in [0, 0.05) is 11.8 Å². The molecular formula is C24H43N3O7Si2. The molecule has 1 aromatic rings. The summed E-state index contributed by atoms with van der Waals surface area (Å²) in [7, 11) is -4.63. The van der Waals surface area contributed by atoms with Crippen molar-refractivity contribution < 1.29 is 23.1 Å². The van der Waals surface area contributed by atoms with Gasteiger partial charge < -0.3 is 24.1 Å². The standard InChI is InChI=1S/C24H43N3O7Si2/c1-14-12-27(21(30)26-19(14)29)20-17(34-36(10,11)23(5,6)7)24(16(33-24)18(25)28)15(32-20)13-31-35(8,9)22(2,3)4/h12,15-17,20H,13H2,1-11H3,(H2,25,28)(H,26,29,30)/t15?,16-,17-,20+,24?/m0/s1. The molecule has 0 saturated carbocycles. The molecule has 1 amide bonds. The maximum Gasteiger partial charge on any atom is 0.330 e. The summed E-state index contributed by atoms with van der Waals surface area (Å²) in [5.41, 5.74) is 3.78. The number of carbonyl (C=O) groups is 1. The number of ether oxygens (including phenoxy) is 2. The average molecular weight is 542 g/mol. The molecule has 36 heavy (non-hydrogen) atoms. The summed E-state index contributed by atoms with van der Waals surface area (Å²) < 4.78 is 27.1. The number of nitrogens with one attached hydrogen (secondary N) is 1. The molecule has 0 aromatic carbocycles. The Balaban J connectivity index is 2.12. The van der Waals surface area contributed by atoms with Gasteiger partial charge in [0.25, 0.3) is 5.56 Å². The van der Waals surface area contributed by atoms with E-state index in [4.69, 9.17) is 24.1 Å². The normalized spacial score (nSPS) is 29.1. The zero-order valence-electron chi connectivity index (χ0n) is 23.5. The zero-order chi connectivity index (χ0) is 27.6. The molecule has 12 heteroatoms. The molecule has 5 atom stereocenters. The predicted molar refractivity (Wildman–Crippen MR) is 142 cm³/mol.